The van der Waals surface area contributed by atoms with Crippen LogP contribution in [-0.4, -0.2) is 36.4 Å². The Morgan fingerprint density at radius 2 is 1.29 bits per heavy atom. The van der Waals surface area contributed by atoms with Crippen LogP contribution in [0.5, 0.6) is 11.5 Å². The summed E-state index contributed by atoms with van der Waals surface area (Å²) in [6.45, 7) is 12.5. The Hall–Kier alpha value is -2.20. The average Bonchev–Trinajstić information content (AvgIpc) is 2.59. The van der Waals surface area contributed by atoms with Crippen molar-refractivity contribution in [3.05, 3.63) is 54.6 Å². The summed E-state index contributed by atoms with van der Waals surface area (Å²) in [5, 5.41) is 21.0. The van der Waals surface area contributed by atoms with Crippen molar-refractivity contribution in [1.29, 1.82) is 0 Å². The Labute approximate surface area is 146 Å². The van der Waals surface area contributed by atoms with Gasteiger partial charge < -0.3 is 20.4 Å². The van der Waals surface area contributed by atoms with E-state index < -0.39 is 0 Å². The Morgan fingerprint density at radius 1 is 0.750 bits per heavy atom. The maximum Gasteiger partial charge on any atom is 0.117 e. The van der Waals surface area contributed by atoms with Crippen LogP contribution in [0.25, 0.3) is 0 Å². The minimum Gasteiger partial charge on any atom is -0.508 e. The van der Waals surface area contributed by atoms with Gasteiger partial charge >= 0.3 is 0 Å². The first-order valence-corrected chi connectivity index (χ1v) is 8.57. The van der Waals surface area contributed by atoms with Crippen LogP contribution in [0.2, 0.25) is 0 Å². The summed E-state index contributed by atoms with van der Waals surface area (Å²) in [5.74, 6) is 0.655. The van der Waals surface area contributed by atoms with Gasteiger partial charge in [-0.25, -0.2) is 0 Å². The van der Waals surface area contributed by atoms with E-state index in [0.29, 0.717) is 11.5 Å². The van der Waals surface area contributed by atoms with Crippen LogP contribution in [0, 0.1) is 0 Å². The van der Waals surface area contributed by atoms with Crippen molar-refractivity contribution < 1.29 is 10.2 Å². The molecule has 0 amide bonds. The van der Waals surface area contributed by atoms with Crippen molar-refractivity contribution in [3.63, 3.8) is 0 Å². The minimum absolute atomic E-state index is 0.322. The molecule has 0 aromatic heterocycles. The van der Waals surface area contributed by atoms with E-state index >= 15 is 0 Å². The summed E-state index contributed by atoms with van der Waals surface area (Å²) in [7, 11) is 0. The lowest BCUT2D eigenvalue weighted by molar-refractivity contribution is 0.474. The first-order chi connectivity index (χ1) is 11.6. The fourth-order valence-corrected chi connectivity index (χ4v) is 1.96. The van der Waals surface area contributed by atoms with Gasteiger partial charge in [-0.3, -0.25) is 0 Å². The molecular formula is C20H32N2O2. The Kier molecular flexibility index (Phi) is 13.1. The molecule has 0 unspecified atom stereocenters. The number of anilines is 1. The second-order valence-corrected chi connectivity index (χ2v) is 4.98. The largest absolute Gasteiger partial charge is 0.508 e. The van der Waals surface area contributed by atoms with Crippen LogP contribution in [0.3, 0.4) is 0 Å². The molecule has 0 aliphatic rings. The topological polar surface area (TPSA) is 55.7 Å². The van der Waals surface area contributed by atoms with E-state index in [1.54, 1.807) is 36.4 Å². The summed E-state index contributed by atoms with van der Waals surface area (Å²) < 4.78 is 0. The molecule has 0 saturated carbocycles. The summed E-state index contributed by atoms with van der Waals surface area (Å²) >= 11 is 0. The van der Waals surface area contributed by atoms with E-state index in [1.165, 1.54) is 0 Å². The molecule has 0 radical (unpaired) electrons. The molecule has 2 aromatic rings. The Bertz CT molecular complexity index is 512. The third-order valence-corrected chi connectivity index (χ3v) is 3.21. The van der Waals surface area contributed by atoms with Crippen LogP contribution < -0.4 is 10.2 Å². The van der Waals surface area contributed by atoms with Crippen molar-refractivity contribution in [3.8, 4) is 11.5 Å². The number of para-hydroxylation sites is 1. The molecule has 3 N–H and O–H groups in total. The molecule has 0 atom stereocenters. The molecule has 0 saturated heterocycles. The predicted octanol–water partition coefficient (Wildman–Crippen LogP) is 4.25. The molecule has 4 nitrogen and oxygen atoms in total. The SMILES string of the molecule is CCN(CC)c1cccc(O)c1.CCNCC.Oc1ccccc1. The summed E-state index contributed by atoms with van der Waals surface area (Å²) in [6, 6.07) is 16.1. The first kappa shape index (κ1) is 21.8. The molecule has 2 aromatic carbocycles. The average molecular weight is 332 g/mol. The highest BCUT2D eigenvalue weighted by Gasteiger charge is 2.00. The second kappa shape index (κ2) is 14.4. The van der Waals surface area contributed by atoms with Crippen molar-refractivity contribution in [2.24, 2.45) is 0 Å². The zero-order valence-corrected chi connectivity index (χ0v) is 15.4. The van der Waals surface area contributed by atoms with E-state index in [0.717, 1.165) is 31.9 Å². The van der Waals surface area contributed by atoms with Gasteiger partial charge in [-0.15, -0.1) is 0 Å². The van der Waals surface area contributed by atoms with Crippen molar-refractivity contribution >= 4 is 5.69 Å². The third-order valence-electron chi connectivity index (χ3n) is 3.21. The molecule has 0 fully saturated rings. The quantitative estimate of drug-likeness (QED) is 0.766. The predicted molar refractivity (Wildman–Crippen MR) is 104 cm³/mol. The zero-order chi connectivity index (χ0) is 18.2. The minimum atomic E-state index is 0.322. The van der Waals surface area contributed by atoms with E-state index in [4.69, 9.17) is 5.11 Å². The molecule has 0 bridgehead atoms. The standard InChI is InChI=1S/C10H15NO.C6H6O.C4H11N/c1-3-11(4-2)9-6-5-7-10(12)8-9;7-6-4-2-1-3-5-6;1-3-5-4-2/h5-8,12H,3-4H2,1-2H3;1-5,7H;5H,3-4H2,1-2H3. The highest BCUT2D eigenvalue weighted by Crippen LogP contribution is 2.19. The smallest absolute Gasteiger partial charge is 0.117 e. The zero-order valence-electron chi connectivity index (χ0n) is 15.4. The number of phenols is 2. The molecule has 0 aliphatic carbocycles. The maximum absolute atomic E-state index is 9.23. The molecule has 2 rings (SSSR count). The highest BCUT2D eigenvalue weighted by atomic mass is 16.3. The van der Waals surface area contributed by atoms with Gasteiger partial charge in [0.2, 0.25) is 0 Å². The van der Waals surface area contributed by atoms with Gasteiger partial charge in [-0.2, -0.15) is 0 Å². The molecule has 134 valence electrons. The van der Waals surface area contributed by atoms with Gasteiger partial charge in [0, 0.05) is 24.8 Å². The molecule has 4 heteroatoms. The second-order valence-electron chi connectivity index (χ2n) is 4.98. The first-order valence-electron chi connectivity index (χ1n) is 8.57. The highest BCUT2D eigenvalue weighted by molar-refractivity contribution is 5.50. The number of benzene rings is 2. The third kappa shape index (κ3) is 10.5. The number of hydrogen-bond acceptors (Lipinski definition) is 4. The van der Waals surface area contributed by atoms with E-state index in [2.05, 4.69) is 37.9 Å². The molecular weight excluding hydrogens is 300 g/mol. The molecule has 0 heterocycles. The lowest BCUT2D eigenvalue weighted by atomic mass is 10.2. The summed E-state index contributed by atoms with van der Waals surface area (Å²) in [6.07, 6.45) is 0. The fraction of sp³-hybridized carbons (Fsp3) is 0.400. The molecule has 0 spiro atoms. The number of aromatic hydroxyl groups is 2. The van der Waals surface area contributed by atoms with Gasteiger partial charge in [-0.1, -0.05) is 38.1 Å². The number of hydrogen-bond donors (Lipinski definition) is 3. The van der Waals surface area contributed by atoms with Crippen LogP contribution in [0.4, 0.5) is 5.69 Å². The van der Waals surface area contributed by atoms with E-state index in [1.807, 2.05) is 18.2 Å². The van der Waals surface area contributed by atoms with Crippen LogP contribution in [0.1, 0.15) is 27.7 Å². The van der Waals surface area contributed by atoms with Gasteiger partial charge in [-0.05, 0) is 51.2 Å². The monoisotopic (exact) mass is 332 g/mol. The maximum atomic E-state index is 9.23. The van der Waals surface area contributed by atoms with Crippen molar-refractivity contribution in [2.45, 2.75) is 27.7 Å². The summed E-state index contributed by atoms with van der Waals surface area (Å²) in [5.41, 5.74) is 1.08. The van der Waals surface area contributed by atoms with Crippen LogP contribution >= 0.6 is 0 Å². The molecule has 24 heavy (non-hydrogen) atoms. The van der Waals surface area contributed by atoms with Crippen LogP contribution in [0.15, 0.2) is 54.6 Å². The fourth-order valence-electron chi connectivity index (χ4n) is 1.96. The number of nitrogens with zero attached hydrogens (tertiary/aromatic N) is 1. The number of nitrogens with one attached hydrogen (secondary N) is 1. The van der Waals surface area contributed by atoms with Gasteiger partial charge in [0.15, 0.2) is 0 Å². The van der Waals surface area contributed by atoms with Gasteiger partial charge in [0.05, 0.1) is 0 Å². The van der Waals surface area contributed by atoms with Gasteiger partial charge in [0.1, 0.15) is 11.5 Å². The van der Waals surface area contributed by atoms with E-state index in [9.17, 15) is 5.11 Å². The number of phenolic OH excluding ortho intramolecular Hbond substituents is 2. The Balaban J connectivity index is 0.000000373. The lowest BCUT2D eigenvalue weighted by Gasteiger charge is -2.20. The van der Waals surface area contributed by atoms with Crippen molar-refractivity contribution in [1.82, 2.24) is 5.32 Å². The lowest BCUT2D eigenvalue weighted by Crippen LogP contribution is -2.21. The normalized spacial score (nSPS) is 9.17. The van der Waals surface area contributed by atoms with Crippen LogP contribution in [-0.2, 0) is 0 Å². The number of rotatable bonds is 5. The Morgan fingerprint density at radius 3 is 1.62 bits per heavy atom. The van der Waals surface area contributed by atoms with Crippen molar-refractivity contribution in [2.75, 3.05) is 31.1 Å². The summed E-state index contributed by atoms with van der Waals surface area (Å²) in [4.78, 5) is 2.19. The molecule has 0 aliphatic heterocycles. The van der Waals surface area contributed by atoms with E-state index in [-0.39, 0.29) is 0 Å². The van der Waals surface area contributed by atoms with Gasteiger partial charge in [0.25, 0.3) is 0 Å².